The van der Waals surface area contributed by atoms with Crippen LogP contribution >= 0.6 is 11.5 Å². The molecule has 0 bridgehead atoms. The summed E-state index contributed by atoms with van der Waals surface area (Å²) >= 11 is 1.44. The minimum Gasteiger partial charge on any atom is -0.358 e. The van der Waals surface area contributed by atoms with Crippen LogP contribution in [0.4, 0.5) is 5.13 Å². The zero-order valence-corrected chi connectivity index (χ0v) is 9.39. The molecule has 1 aliphatic rings. The number of nitrogens with zero attached hydrogens (tertiary/aromatic N) is 2. The van der Waals surface area contributed by atoms with Gasteiger partial charge in [0.1, 0.15) is 6.33 Å². The van der Waals surface area contributed by atoms with Gasteiger partial charge in [-0.1, -0.05) is 19.3 Å². The third kappa shape index (κ3) is 2.44. The molecule has 1 unspecified atom stereocenters. The number of rotatable bonds is 3. The first-order valence-corrected chi connectivity index (χ1v) is 6.17. The Morgan fingerprint density at radius 1 is 1.43 bits per heavy atom. The highest BCUT2D eigenvalue weighted by Crippen LogP contribution is 2.27. The Labute approximate surface area is 89.1 Å². The highest BCUT2D eigenvalue weighted by molar-refractivity contribution is 7.09. The van der Waals surface area contributed by atoms with Crippen molar-refractivity contribution < 1.29 is 0 Å². The molecule has 1 aliphatic carbocycles. The number of hydrogen-bond acceptors (Lipinski definition) is 4. The molecule has 2 rings (SSSR count). The molecule has 1 N–H and O–H groups in total. The number of hydrogen-bond donors (Lipinski definition) is 1. The van der Waals surface area contributed by atoms with E-state index in [0.717, 1.165) is 11.0 Å². The van der Waals surface area contributed by atoms with Crippen LogP contribution in [0, 0.1) is 5.92 Å². The first kappa shape index (κ1) is 9.90. The first-order valence-electron chi connectivity index (χ1n) is 5.39. The maximum absolute atomic E-state index is 4.15. The highest BCUT2D eigenvalue weighted by Gasteiger charge is 2.20. The normalized spacial score (nSPS) is 20.6. The summed E-state index contributed by atoms with van der Waals surface area (Å²) in [6, 6.07) is 0.545. The maximum Gasteiger partial charge on any atom is 0.202 e. The van der Waals surface area contributed by atoms with Crippen molar-refractivity contribution in [3.05, 3.63) is 6.33 Å². The smallest absolute Gasteiger partial charge is 0.202 e. The van der Waals surface area contributed by atoms with E-state index in [1.165, 1.54) is 43.6 Å². The summed E-state index contributed by atoms with van der Waals surface area (Å²) < 4.78 is 3.99. The van der Waals surface area contributed by atoms with Gasteiger partial charge in [-0.3, -0.25) is 0 Å². The minimum absolute atomic E-state index is 0.545. The molecule has 0 aromatic carbocycles. The van der Waals surface area contributed by atoms with E-state index in [1.54, 1.807) is 6.33 Å². The fourth-order valence-corrected chi connectivity index (χ4v) is 2.71. The van der Waals surface area contributed by atoms with Crippen molar-refractivity contribution in [1.29, 1.82) is 0 Å². The average Bonchev–Trinajstić information content (AvgIpc) is 2.72. The number of anilines is 1. The Balaban J connectivity index is 1.85. The van der Waals surface area contributed by atoms with E-state index < -0.39 is 0 Å². The van der Waals surface area contributed by atoms with Crippen LogP contribution in [0.1, 0.15) is 39.0 Å². The van der Waals surface area contributed by atoms with Crippen molar-refractivity contribution >= 4 is 16.7 Å². The van der Waals surface area contributed by atoms with E-state index in [0.29, 0.717) is 6.04 Å². The van der Waals surface area contributed by atoms with Gasteiger partial charge in [0.2, 0.25) is 5.13 Å². The molecule has 0 radical (unpaired) electrons. The van der Waals surface area contributed by atoms with Crippen LogP contribution in [0.2, 0.25) is 0 Å². The van der Waals surface area contributed by atoms with Gasteiger partial charge in [-0.15, -0.1) is 0 Å². The fourth-order valence-electron chi connectivity index (χ4n) is 2.18. The lowest BCUT2D eigenvalue weighted by atomic mass is 9.85. The third-order valence-corrected chi connectivity index (χ3v) is 3.67. The average molecular weight is 211 g/mol. The van der Waals surface area contributed by atoms with Crippen molar-refractivity contribution in [2.45, 2.75) is 45.1 Å². The SMILES string of the molecule is CC(Nc1ncns1)C1CCCCC1. The molecule has 1 saturated carbocycles. The molecule has 14 heavy (non-hydrogen) atoms. The van der Waals surface area contributed by atoms with Crippen LogP contribution < -0.4 is 5.32 Å². The summed E-state index contributed by atoms with van der Waals surface area (Å²) in [5, 5.41) is 4.40. The van der Waals surface area contributed by atoms with Crippen LogP contribution in [0.25, 0.3) is 0 Å². The Morgan fingerprint density at radius 3 is 2.86 bits per heavy atom. The number of nitrogens with one attached hydrogen (secondary N) is 1. The summed E-state index contributed by atoms with van der Waals surface area (Å²) in [5.41, 5.74) is 0. The predicted octanol–water partition coefficient (Wildman–Crippen LogP) is 2.92. The Morgan fingerprint density at radius 2 is 2.21 bits per heavy atom. The zero-order valence-electron chi connectivity index (χ0n) is 8.57. The van der Waals surface area contributed by atoms with Crippen LogP contribution in [0.3, 0.4) is 0 Å². The lowest BCUT2D eigenvalue weighted by Crippen LogP contribution is -2.27. The second kappa shape index (κ2) is 4.73. The fraction of sp³-hybridized carbons (Fsp3) is 0.800. The summed E-state index contributed by atoms with van der Waals surface area (Å²) in [6.45, 7) is 2.26. The predicted molar refractivity (Wildman–Crippen MR) is 59.6 cm³/mol. The molecule has 1 heterocycles. The Bertz CT molecular complexity index is 254. The number of aromatic nitrogens is 2. The van der Waals surface area contributed by atoms with Gasteiger partial charge in [-0.2, -0.15) is 4.37 Å². The topological polar surface area (TPSA) is 37.8 Å². The van der Waals surface area contributed by atoms with Gasteiger partial charge < -0.3 is 5.32 Å². The van der Waals surface area contributed by atoms with Crippen molar-refractivity contribution in [3.8, 4) is 0 Å². The monoisotopic (exact) mass is 211 g/mol. The first-order chi connectivity index (χ1) is 6.86. The quantitative estimate of drug-likeness (QED) is 0.835. The van der Waals surface area contributed by atoms with Crippen molar-refractivity contribution in [2.24, 2.45) is 5.92 Å². The van der Waals surface area contributed by atoms with E-state index in [-0.39, 0.29) is 0 Å². The Kier molecular flexibility index (Phi) is 3.35. The molecule has 0 spiro atoms. The van der Waals surface area contributed by atoms with E-state index in [4.69, 9.17) is 0 Å². The summed E-state index contributed by atoms with van der Waals surface area (Å²) in [5.74, 6) is 0.827. The second-order valence-corrected chi connectivity index (χ2v) is 4.86. The van der Waals surface area contributed by atoms with E-state index in [9.17, 15) is 0 Å². The molecule has 78 valence electrons. The molecule has 3 nitrogen and oxygen atoms in total. The summed E-state index contributed by atoms with van der Waals surface area (Å²) in [6.07, 6.45) is 8.56. The molecule has 1 aromatic rings. The largest absolute Gasteiger partial charge is 0.358 e. The van der Waals surface area contributed by atoms with Gasteiger partial charge in [-0.25, -0.2) is 4.98 Å². The van der Waals surface area contributed by atoms with Crippen LogP contribution in [0.5, 0.6) is 0 Å². The molecule has 1 aromatic heterocycles. The lowest BCUT2D eigenvalue weighted by Gasteiger charge is -2.27. The molecular formula is C10H17N3S. The molecule has 1 atom stereocenters. The van der Waals surface area contributed by atoms with Crippen LogP contribution in [-0.4, -0.2) is 15.4 Å². The summed E-state index contributed by atoms with van der Waals surface area (Å²) in [7, 11) is 0. The lowest BCUT2D eigenvalue weighted by molar-refractivity contribution is 0.328. The van der Waals surface area contributed by atoms with E-state index in [2.05, 4.69) is 21.6 Å². The van der Waals surface area contributed by atoms with E-state index in [1.807, 2.05) is 0 Å². The summed E-state index contributed by atoms with van der Waals surface area (Å²) in [4.78, 5) is 4.15. The van der Waals surface area contributed by atoms with Crippen LogP contribution in [-0.2, 0) is 0 Å². The van der Waals surface area contributed by atoms with Crippen molar-refractivity contribution in [2.75, 3.05) is 5.32 Å². The Hall–Kier alpha value is -0.640. The minimum atomic E-state index is 0.545. The molecule has 0 aliphatic heterocycles. The standard InChI is InChI=1S/C10H17N3S/c1-8(9-5-3-2-4-6-9)13-10-11-7-12-14-10/h7-9H,2-6H2,1H3,(H,11,12,13). The van der Waals surface area contributed by atoms with Crippen LogP contribution in [0.15, 0.2) is 6.33 Å². The molecular weight excluding hydrogens is 194 g/mol. The molecule has 4 heteroatoms. The highest BCUT2D eigenvalue weighted by atomic mass is 32.1. The van der Waals surface area contributed by atoms with Gasteiger partial charge in [0, 0.05) is 17.6 Å². The van der Waals surface area contributed by atoms with Gasteiger partial charge in [-0.05, 0) is 25.7 Å². The van der Waals surface area contributed by atoms with Gasteiger partial charge in [0.15, 0.2) is 0 Å². The van der Waals surface area contributed by atoms with Gasteiger partial charge in [0.05, 0.1) is 0 Å². The second-order valence-electron chi connectivity index (χ2n) is 4.08. The van der Waals surface area contributed by atoms with Gasteiger partial charge in [0.25, 0.3) is 0 Å². The van der Waals surface area contributed by atoms with E-state index >= 15 is 0 Å². The van der Waals surface area contributed by atoms with Gasteiger partial charge >= 0.3 is 0 Å². The maximum atomic E-state index is 4.15. The molecule has 1 fully saturated rings. The van der Waals surface area contributed by atoms with Crippen molar-refractivity contribution in [3.63, 3.8) is 0 Å². The zero-order chi connectivity index (χ0) is 9.80. The molecule has 0 saturated heterocycles. The molecule has 0 amide bonds. The van der Waals surface area contributed by atoms with Crippen molar-refractivity contribution in [1.82, 2.24) is 9.36 Å². The third-order valence-electron chi connectivity index (χ3n) is 3.07.